The van der Waals surface area contributed by atoms with E-state index in [2.05, 4.69) is 0 Å². The lowest BCUT2D eigenvalue weighted by atomic mass is 10.2. The Morgan fingerprint density at radius 2 is 1.38 bits per heavy atom. The van der Waals surface area contributed by atoms with Gasteiger partial charge in [-0.25, -0.2) is 8.42 Å². The summed E-state index contributed by atoms with van der Waals surface area (Å²) in [6.07, 6.45) is 0. The third-order valence-electron chi connectivity index (χ3n) is 3.93. The molecule has 0 unspecified atom stereocenters. The van der Waals surface area contributed by atoms with Gasteiger partial charge in [-0.05, 0) is 36.8 Å². The minimum atomic E-state index is -3.74. The number of benzene rings is 3. The highest BCUT2D eigenvalue weighted by molar-refractivity contribution is 7.92. The zero-order chi connectivity index (χ0) is 18.4. The summed E-state index contributed by atoms with van der Waals surface area (Å²) in [4.78, 5) is 0.252. The van der Waals surface area contributed by atoms with Gasteiger partial charge in [0.2, 0.25) is 0 Å². The number of sulfonamides is 1. The molecule has 0 radical (unpaired) electrons. The fraction of sp³-hybridized carbons (Fsp3) is 0.143. The monoisotopic (exact) mass is 367 g/mol. The Morgan fingerprint density at radius 1 is 0.808 bits per heavy atom. The normalized spacial score (nSPS) is 11.1. The van der Waals surface area contributed by atoms with Gasteiger partial charge in [0.05, 0.1) is 23.7 Å². The summed E-state index contributed by atoms with van der Waals surface area (Å²) in [5.74, 6) is 0.547. The van der Waals surface area contributed by atoms with Crippen molar-refractivity contribution in [1.82, 2.24) is 0 Å². The maximum atomic E-state index is 13.4. The summed E-state index contributed by atoms with van der Waals surface area (Å²) in [6.45, 7) is 2.56. The molecule has 0 atom stereocenters. The Kier molecular flexibility index (Phi) is 5.58. The van der Waals surface area contributed by atoms with Crippen molar-refractivity contribution in [2.45, 2.75) is 18.4 Å². The van der Waals surface area contributed by atoms with Crippen LogP contribution in [0.3, 0.4) is 0 Å². The van der Waals surface area contributed by atoms with Gasteiger partial charge in [-0.15, -0.1) is 0 Å². The van der Waals surface area contributed by atoms with Gasteiger partial charge in [0.15, 0.2) is 0 Å². The zero-order valence-electron chi connectivity index (χ0n) is 14.6. The molecule has 134 valence electrons. The molecule has 26 heavy (non-hydrogen) atoms. The number of para-hydroxylation sites is 2. The number of anilines is 1. The smallest absolute Gasteiger partial charge is 0.264 e. The van der Waals surface area contributed by atoms with Crippen LogP contribution in [0.15, 0.2) is 89.8 Å². The van der Waals surface area contributed by atoms with Crippen LogP contribution in [0.4, 0.5) is 5.69 Å². The van der Waals surface area contributed by atoms with E-state index in [0.717, 1.165) is 5.56 Å². The summed E-state index contributed by atoms with van der Waals surface area (Å²) >= 11 is 0. The molecule has 4 nitrogen and oxygen atoms in total. The van der Waals surface area contributed by atoms with Gasteiger partial charge in [-0.1, -0.05) is 60.7 Å². The average Bonchev–Trinajstić information content (AvgIpc) is 2.68. The van der Waals surface area contributed by atoms with Crippen LogP contribution in [0.2, 0.25) is 0 Å². The van der Waals surface area contributed by atoms with Gasteiger partial charge in [-0.2, -0.15) is 0 Å². The third-order valence-corrected chi connectivity index (χ3v) is 5.71. The Bertz CT molecular complexity index is 941. The molecule has 0 amide bonds. The first-order chi connectivity index (χ1) is 12.6. The summed E-state index contributed by atoms with van der Waals surface area (Å²) in [7, 11) is -3.74. The van der Waals surface area contributed by atoms with Gasteiger partial charge >= 0.3 is 0 Å². The fourth-order valence-electron chi connectivity index (χ4n) is 2.71. The lowest BCUT2D eigenvalue weighted by Gasteiger charge is -2.26. The Labute approximate surface area is 154 Å². The van der Waals surface area contributed by atoms with E-state index in [1.807, 2.05) is 49.4 Å². The van der Waals surface area contributed by atoms with Crippen LogP contribution in [-0.4, -0.2) is 15.0 Å². The summed E-state index contributed by atoms with van der Waals surface area (Å²) in [5.41, 5.74) is 1.43. The van der Waals surface area contributed by atoms with Crippen molar-refractivity contribution in [3.63, 3.8) is 0 Å². The molecule has 0 fully saturated rings. The number of rotatable bonds is 7. The molecule has 0 bridgehead atoms. The van der Waals surface area contributed by atoms with Crippen molar-refractivity contribution in [3.8, 4) is 5.75 Å². The molecule has 0 saturated carbocycles. The van der Waals surface area contributed by atoms with Crippen LogP contribution in [0, 0.1) is 0 Å². The molecule has 0 aliphatic rings. The minimum absolute atomic E-state index is 0.224. The zero-order valence-corrected chi connectivity index (χ0v) is 15.4. The van der Waals surface area contributed by atoms with Crippen molar-refractivity contribution in [3.05, 3.63) is 90.5 Å². The van der Waals surface area contributed by atoms with E-state index < -0.39 is 10.0 Å². The first-order valence-corrected chi connectivity index (χ1v) is 9.90. The lowest BCUT2D eigenvalue weighted by molar-refractivity contribution is 0.341. The highest BCUT2D eigenvalue weighted by Gasteiger charge is 2.27. The van der Waals surface area contributed by atoms with Gasteiger partial charge in [-0.3, -0.25) is 4.31 Å². The topological polar surface area (TPSA) is 46.6 Å². The average molecular weight is 367 g/mol. The first kappa shape index (κ1) is 18.0. The molecule has 0 N–H and O–H groups in total. The Balaban J connectivity index is 2.11. The van der Waals surface area contributed by atoms with Gasteiger partial charge in [0.25, 0.3) is 10.0 Å². The summed E-state index contributed by atoms with van der Waals surface area (Å²) in [6, 6.07) is 25.2. The van der Waals surface area contributed by atoms with E-state index in [4.69, 9.17) is 4.74 Å². The molecule has 0 spiro atoms. The maximum absolute atomic E-state index is 13.4. The van der Waals surface area contributed by atoms with Gasteiger partial charge < -0.3 is 4.74 Å². The van der Waals surface area contributed by atoms with Crippen molar-refractivity contribution >= 4 is 15.7 Å². The molecule has 3 aromatic rings. The van der Waals surface area contributed by atoms with E-state index in [-0.39, 0.29) is 11.4 Å². The summed E-state index contributed by atoms with van der Waals surface area (Å²) < 4.78 is 33.8. The third kappa shape index (κ3) is 3.89. The first-order valence-electron chi connectivity index (χ1n) is 8.46. The van der Waals surface area contributed by atoms with E-state index >= 15 is 0 Å². The van der Waals surface area contributed by atoms with Crippen molar-refractivity contribution < 1.29 is 13.2 Å². The van der Waals surface area contributed by atoms with Crippen molar-refractivity contribution in [2.24, 2.45) is 0 Å². The van der Waals surface area contributed by atoms with Gasteiger partial charge in [0, 0.05) is 0 Å². The quantitative estimate of drug-likeness (QED) is 0.618. The van der Waals surface area contributed by atoms with Crippen LogP contribution in [0.5, 0.6) is 5.75 Å². The molecule has 0 heterocycles. The largest absolute Gasteiger partial charge is 0.492 e. The molecule has 3 rings (SSSR count). The molecular weight excluding hydrogens is 346 g/mol. The predicted molar refractivity (Wildman–Crippen MR) is 104 cm³/mol. The minimum Gasteiger partial charge on any atom is -0.492 e. The van der Waals surface area contributed by atoms with Crippen LogP contribution < -0.4 is 9.04 Å². The molecule has 3 aromatic carbocycles. The highest BCUT2D eigenvalue weighted by atomic mass is 32.2. The molecular formula is C21H21NO3S. The highest BCUT2D eigenvalue weighted by Crippen LogP contribution is 2.33. The van der Waals surface area contributed by atoms with E-state index in [1.54, 1.807) is 42.5 Å². The SMILES string of the molecule is CCOc1ccccc1N(Cc1ccccc1)S(=O)(=O)c1ccccc1. The lowest BCUT2D eigenvalue weighted by Crippen LogP contribution is -2.31. The Hall–Kier alpha value is -2.79. The van der Waals surface area contributed by atoms with Gasteiger partial charge in [0.1, 0.15) is 5.75 Å². The number of ether oxygens (including phenoxy) is 1. The second-order valence-corrected chi connectivity index (χ2v) is 7.57. The second kappa shape index (κ2) is 8.06. The van der Waals surface area contributed by atoms with E-state index in [0.29, 0.717) is 18.0 Å². The number of hydrogen-bond donors (Lipinski definition) is 0. The number of hydrogen-bond acceptors (Lipinski definition) is 3. The number of nitrogens with zero attached hydrogens (tertiary/aromatic N) is 1. The molecule has 0 aliphatic carbocycles. The predicted octanol–water partition coefficient (Wildman–Crippen LogP) is 4.48. The Morgan fingerprint density at radius 3 is 2.04 bits per heavy atom. The van der Waals surface area contributed by atoms with Crippen LogP contribution in [0.1, 0.15) is 12.5 Å². The second-order valence-electron chi connectivity index (χ2n) is 5.71. The molecule has 0 aromatic heterocycles. The fourth-order valence-corrected chi connectivity index (χ4v) is 4.19. The van der Waals surface area contributed by atoms with E-state index in [9.17, 15) is 8.42 Å². The van der Waals surface area contributed by atoms with Crippen molar-refractivity contribution in [2.75, 3.05) is 10.9 Å². The molecule has 0 saturated heterocycles. The van der Waals surface area contributed by atoms with Crippen LogP contribution >= 0.6 is 0 Å². The van der Waals surface area contributed by atoms with E-state index in [1.165, 1.54) is 4.31 Å². The maximum Gasteiger partial charge on any atom is 0.264 e. The van der Waals surface area contributed by atoms with Crippen LogP contribution in [-0.2, 0) is 16.6 Å². The summed E-state index contributed by atoms with van der Waals surface area (Å²) in [5, 5.41) is 0. The van der Waals surface area contributed by atoms with Crippen molar-refractivity contribution in [1.29, 1.82) is 0 Å². The van der Waals surface area contributed by atoms with Crippen LogP contribution in [0.25, 0.3) is 0 Å². The molecule has 0 aliphatic heterocycles. The molecule has 5 heteroatoms. The standard InChI is InChI=1S/C21H21NO3S/c1-2-25-21-16-10-9-15-20(21)22(17-18-11-5-3-6-12-18)26(23,24)19-13-7-4-8-14-19/h3-16H,2,17H2,1H3.